The van der Waals surface area contributed by atoms with Crippen LogP contribution in [-0.2, 0) is 64.0 Å². The minimum Gasteiger partial charge on any atom is -0.480 e. The molecule has 1 aliphatic heterocycles. The molecule has 0 radical (unpaired) electrons. The van der Waals surface area contributed by atoms with Gasteiger partial charge in [0.05, 0.1) is 25.2 Å². The van der Waals surface area contributed by atoms with E-state index in [4.69, 9.17) is 11.5 Å². The second-order valence-electron chi connectivity index (χ2n) is 22.4. The standard InChI is InChI=1S/C56H93N13O14S/c1-30(2)25-39(48(74)60-28-43(71)59-29-44(72)63-38(56(82)83)19-14-15-22-57)65-51(77)41(27-36-17-12-11-13-18-36)66-50(76)40(26-31(3)4)67-54(80)46(35(9)70)68-47(73)33(7)61-52(78)42-20-16-23-69(42)55(81)34(8)62-49(75)37(21-24-84-10)64-53(79)45(58)32(5)6/h11-13,17-18,30-35,37-42,45-46,70H,14-16,19-29,57-58H2,1-10H3,(H,59,71)(H,60,74)(H,61,78)(H,62,75)(H,63,72)(H,64,79)(H,65,77)(H,66,76)(H,67,80)(H,68,73)(H,82,83)/t33-,34-,35+,37-,38-,39-,40-,41-,42-,45-,46-/m0/s1. The molecule has 1 fully saturated rings. The molecule has 27 nitrogen and oxygen atoms in total. The molecular formula is C56H93N13O14S. The summed E-state index contributed by atoms with van der Waals surface area (Å²) >= 11 is 1.47. The average molecular weight is 1200 g/mol. The van der Waals surface area contributed by atoms with Gasteiger partial charge in [0.15, 0.2) is 0 Å². The van der Waals surface area contributed by atoms with Crippen molar-refractivity contribution in [2.75, 3.05) is 38.2 Å². The van der Waals surface area contributed by atoms with Gasteiger partial charge < -0.3 is 79.7 Å². The summed E-state index contributed by atoms with van der Waals surface area (Å²) in [6.07, 6.45) is 2.41. The van der Waals surface area contributed by atoms with E-state index in [0.717, 1.165) is 0 Å². The lowest BCUT2D eigenvalue weighted by Gasteiger charge is -2.30. The maximum atomic E-state index is 14.3. The Labute approximate surface area is 496 Å². The molecule has 84 heavy (non-hydrogen) atoms. The molecule has 1 aromatic carbocycles. The second kappa shape index (κ2) is 37.4. The molecule has 472 valence electrons. The summed E-state index contributed by atoms with van der Waals surface area (Å²) in [5, 5.41) is 45.7. The number of hydrogen-bond donors (Lipinski definition) is 14. The van der Waals surface area contributed by atoms with Gasteiger partial charge in [-0.05, 0) is 114 Å². The first-order valence-electron chi connectivity index (χ1n) is 28.7. The van der Waals surface area contributed by atoms with Crippen LogP contribution in [-0.4, -0.2) is 191 Å². The number of hydrogen-bond acceptors (Lipinski definition) is 16. The number of nitrogens with one attached hydrogen (secondary N) is 10. The molecule has 11 amide bonds. The van der Waals surface area contributed by atoms with Crippen molar-refractivity contribution in [3.05, 3.63) is 35.9 Å². The summed E-state index contributed by atoms with van der Waals surface area (Å²) in [6.45, 7) is 14.0. The summed E-state index contributed by atoms with van der Waals surface area (Å²) in [4.78, 5) is 161. The van der Waals surface area contributed by atoms with Crippen LogP contribution in [0.1, 0.15) is 119 Å². The maximum Gasteiger partial charge on any atom is 0.326 e. The number of thioether (sulfide) groups is 1. The monoisotopic (exact) mass is 1200 g/mol. The molecule has 0 saturated carbocycles. The first kappa shape index (κ1) is 73.2. The van der Waals surface area contributed by atoms with E-state index in [0.29, 0.717) is 37.1 Å². The number of benzene rings is 1. The van der Waals surface area contributed by atoms with E-state index in [1.54, 1.807) is 71.9 Å². The van der Waals surface area contributed by atoms with Crippen LogP contribution in [0.3, 0.4) is 0 Å². The predicted octanol–water partition coefficient (Wildman–Crippen LogP) is -2.21. The van der Waals surface area contributed by atoms with Crippen molar-refractivity contribution >= 4 is 82.7 Å². The molecule has 11 atom stereocenters. The topological polar surface area (TPSA) is 421 Å². The number of nitrogens with two attached hydrogens (primary N) is 2. The Morgan fingerprint density at radius 2 is 1.17 bits per heavy atom. The first-order valence-corrected chi connectivity index (χ1v) is 30.1. The predicted molar refractivity (Wildman–Crippen MR) is 315 cm³/mol. The molecule has 0 aromatic heterocycles. The molecule has 0 aliphatic carbocycles. The number of unbranched alkanes of at least 4 members (excludes halogenated alkanes) is 1. The highest BCUT2D eigenvalue weighted by Gasteiger charge is 2.39. The van der Waals surface area contributed by atoms with Crippen molar-refractivity contribution in [3.8, 4) is 0 Å². The number of aliphatic hydroxyl groups excluding tert-OH is 1. The van der Waals surface area contributed by atoms with Gasteiger partial charge in [0.2, 0.25) is 65.0 Å². The number of rotatable bonds is 37. The molecule has 1 aromatic rings. The van der Waals surface area contributed by atoms with E-state index in [2.05, 4.69) is 53.2 Å². The quantitative estimate of drug-likeness (QED) is 0.0314. The van der Waals surface area contributed by atoms with E-state index in [1.807, 2.05) is 6.26 Å². The van der Waals surface area contributed by atoms with E-state index < -0.39 is 151 Å². The van der Waals surface area contributed by atoms with Gasteiger partial charge >= 0.3 is 5.97 Å². The van der Waals surface area contributed by atoms with Crippen LogP contribution >= 0.6 is 11.8 Å². The number of nitrogens with zero attached hydrogens (tertiary/aromatic N) is 1. The molecular weight excluding hydrogens is 1110 g/mol. The summed E-state index contributed by atoms with van der Waals surface area (Å²) in [5.41, 5.74) is 12.1. The molecule has 0 bridgehead atoms. The maximum absolute atomic E-state index is 14.3. The third-order valence-corrected chi connectivity index (χ3v) is 14.3. The molecule has 28 heteroatoms. The lowest BCUT2D eigenvalue weighted by molar-refractivity contribution is -0.142. The van der Waals surface area contributed by atoms with Gasteiger partial charge in [-0.25, -0.2) is 4.79 Å². The summed E-state index contributed by atoms with van der Waals surface area (Å²) in [7, 11) is 0. The number of aliphatic carboxylic acids is 1. The number of amides is 11. The SMILES string of the molecule is CSCC[C@H](NC(=O)[C@@H](N)C(C)C)C(=O)N[C@@H](C)C(=O)N1CCC[C@H]1C(=O)N[C@@H](C)C(=O)N[C@H](C(=O)N[C@@H](CC(C)C)C(=O)N[C@@H](Cc1ccccc1)C(=O)N[C@@H](CC(C)C)C(=O)NCC(=O)NCC(=O)N[C@@H](CCCCN)C(=O)O)[C@@H](C)O. The van der Waals surface area contributed by atoms with Gasteiger partial charge in [-0.2, -0.15) is 11.8 Å². The minimum atomic E-state index is -1.67. The Hall–Kier alpha value is -6.91. The lowest BCUT2D eigenvalue weighted by Crippen LogP contribution is -2.61. The van der Waals surface area contributed by atoms with Gasteiger partial charge in [-0.15, -0.1) is 0 Å². The zero-order valence-electron chi connectivity index (χ0n) is 50.2. The van der Waals surface area contributed by atoms with Crippen molar-refractivity contribution in [3.63, 3.8) is 0 Å². The normalized spacial score (nSPS) is 16.7. The number of carboxylic acid groups (broad SMARTS) is 1. The van der Waals surface area contributed by atoms with E-state index >= 15 is 0 Å². The fourth-order valence-corrected chi connectivity index (χ4v) is 9.33. The van der Waals surface area contributed by atoms with Crippen molar-refractivity contribution in [1.29, 1.82) is 0 Å². The number of carboxylic acids is 1. The Kier molecular flexibility index (Phi) is 32.6. The summed E-state index contributed by atoms with van der Waals surface area (Å²) in [6, 6.07) is -3.45. The molecule has 16 N–H and O–H groups in total. The van der Waals surface area contributed by atoms with Gasteiger partial charge in [-0.3, -0.25) is 52.7 Å². The van der Waals surface area contributed by atoms with Crippen molar-refractivity contribution in [1.82, 2.24) is 58.1 Å². The zero-order valence-corrected chi connectivity index (χ0v) is 51.0. The Bertz CT molecular complexity index is 2380. The van der Waals surface area contributed by atoms with Crippen LogP contribution in [0, 0.1) is 17.8 Å². The Morgan fingerprint density at radius 3 is 1.74 bits per heavy atom. The van der Waals surface area contributed by atoms with E-state index in [-0.39, 0.29) is 62.8 Å². The first-order chi connectivity index (χ1) is 39.5. The van der Waals surface area contributed by atoms with Crippen LogP contribution in [0.4, 0.5) is 0 Å². The average Bonchev–Trinajstić information content (AvgIpc) is 4.09. The summed E-state index contributed by atoms with van der Waals surface area (Å²) < 4.78 is 0. The highest BCUT2D eigenvalue weighted by Crippen LogP contribution is 2.20. The van der Waals surface area contributed by atoms with Crippen LogP contribution in [0.25, 0.3) is 0 Å². The zero-order chi connectivity index (χ0) is 63.4. The van der Waals surface area contributed by atoms with Crippen molar-refractivity contribution in [2.45, 2.75) is 187 Å². The van der Waals surface area contributed by atoms with Crippen LogP contribution in [0.15, 0.2) is 30.3 Å². The third kappa shape index (κ3) is 25.9. The molecule has 1 aliphatic rings. The highest BCUT2D eigenvalue weighted by molar-refractivity contribution is 7.98. The van der Waals surface area contributed by atoms with Gasteiger partial charge in [0, 0.05) is 13.0 Å². The Balaban J connectivity index is 2.20. The molecule has 1 saturated heterocycles. The largest absolute Gasteiger partial charge is 0.480 e. The van der Waals surface area contributed by atoms with Crippen molar-refractivity contribution in [2.24, 2.45) is 29.2 Å². The van der Waals surface area contributed by atoms with Gasteiger partial charge in [0.25, 0.3) is 0 Å². The Morgan fingerprint density at radius 1 is 0.607 bits per heavy atom. The number of likely N-dealkylation sites (tertiary alicyclic amines) is 1. The molecule has 2 rings (SSSR count). The third-order valence-electron chi connectivity index (χ3n) is 13.7. The highest BCUT2D eigenvalue weighted by atomic mass is 32.2. The van der Waals surface area contributed by atoms with E-state index in [9.17, 15) is 67.7 Å². The lowest BCUT2D eigenvalue weighted by atomic mass is 9.99. The van der Waals surface area contributed by atoms with Gasteiger partial charge in [-0.1, -0.05) is 71.9 Å². The number of carbonyl (C=O) groups is 12. The van der Waals surface area contributed by atoms with Gasteiger partial charge in [0.1, 0.15) is 54.4 Å². The fraction of sp³-hybridized carbons (Fsp3) is 0.679. The number of aliphatic hydroxyl groups is 1. The van der Waals surface area contributed by atoms with Crippen LogP contribution < -0.4 is 64.6 Å². The van der Waals surface area contributed by atoms with Crippen LogP contribution in [0.5, 0.6) is 0 Å². The smallest absolute Gasteiger partial charge is 0.326 e. The fourth-order valence-electron chi connectivity index (χ4n) is 8.86. The van der Waals surface area contributed by atoms with Crippen molar-refractivity contribution < 1.29 is 67.7 Å². The minimum absolute atomic E-state index is 0.0162. The van der Waals surface area contributed by atoms with E-state index in [1.165, 1.54) is 37.4 Å². The molecule has 1 heterocycles. The summed E-state index contributed by atoms with van der Waals surface area (Å²) in [5.74, 6) is -9.50. The number of carbonyl (C=O) groups excluding carboxylic acids is 11. The molecule has 0 unspecified atom stereocenters. The molecule has 0 spiro atoms. The second-order valence-corrected chi connectivity index (χ2v) is 23.3. The van der Waals surface area contributed by atoms with Crippen LogP contribution in [0.2, 0.25) is 0 Å².